The number of carbonyl (C=O) groups excluding carboxylic acids is 1. The summed E-state index contributed by atoms with van der Waals surface area (Å²) in [5.41, 5.74) is 2.57. The van der Waals surface area contributed by atoms with E-state index in [4.69, 9.17) is 4.98 Å². The van der Waals surface area contributed by atoms with Gasteiger partial charge in [-0.05, 0) is 56.9 Å². The topological polar surface area (TPSA) is 46.1 Å². The molecule has 1 fully saturated rings. The molecular weight excluding hydrogens is 318 g/mol. The molecule has 0 saturated carbocycles. The maximum Gasteiger partial charge on any atom is 0.174 e. The fourth-order valence-electron chi connectivity index (χ4n) is 4.01. The largest absolute Gasteiger partial charge is 0.353 e. The zero-order valence-corrected chi connectivity index (χ0v) is 14.9. The van der Waals surface area contributed by atoms with E-state index in [0.717, 1.165) is 48.7 Å². The monoisotopic (exact) mass is 341 g/mol. The van der Waals surface area contributed by atoms with Crippen molar-refractivity contribution in [2.24, 2.45) is 0 Å². The fraction of sp³-hybridized carbons (Fsp3) is 0.526. The van der Waals surface area contributed by atoms with Crippen molar-refractivity contribution in [1.82, 2.24) is 9.97 Å². The highest BCUT2D eigenvalue weighted by atomic mass is 32.1. The van der Waals surface area contributed by atoms with E-state index < -0.39 is 0 Å². The number of Topliss-reactive ketones (excluding diaryl/α,β-unsaturated/α-hetero) is 1. The van der Waals surface area contributed by atoms with E-state index in [-0.39, 0.29) is 11.8 Å². The van der Waals surface area contributed by atoms with Crippen LogP contribution in [0.5, 0.6) is 0 Å². The van der Waals surface area contributed by atoms with Crippen LogP contribution < -0.4 is 4.90 Å². The molecule has 2 aliphatic rings. The number of hydrogen-bond donors (Lipinski definition) is 0. The SMILES string of the molecule is Cc1nc2c(c(N3CCCC3CC(=O)c3cccs3)n1)CCCC2. The summed E-state index contributed by atoms with van der Waals surface area (Å²) in [6, 6.07) is 4.16. The van der Waals surface area contributed by atoms with E-state index in [1.165, 1.54) is 24.1 Å². The molecule has 0 radical (unpaired) electrons. The minimum Gasteiger partial charge on any atom is -0.353 e. The van der Waals surface area contributed by atoms with E-state index in [1.54, 1.807) is 11.3 Å². The lowest BCUT2D eigenvalue weighted by Gasteiger charge is -2.29. The van der Waals surface area contributed by atoms with Crippen LogP contribution in [0.1, 0.15) is 58.9 Å². The fourth-order valence-corrected chi connectivity index (χ4v) is 4.69. The number of rotatable bonds is 4. The molecule has 0 bridgehead atoms. The molecule has 24 heavy (non-hydrogen) atoms. The average molecular weight is 341 g/mol. The smallest absolute Gasteiger partial charge is 0.174 e. The molecule has 1 aliphatic heterocycles. The van der Waals surface area contributed by atoms with Crippen LogP contribution in [0.25, 0.3) is 0 Å². The first kappa shape index (κ1) is 15.8. The standard InChI is InChI=1S/C19H23N3OS/c1-13-20-16-8-3-2-7-15(16)19(21-13)22-10-4-6-14(22)12-17(23)18-9-5-11-24-18/h5,9,11,14H,2-4,6-8,10,12H2,1H3. The molecule has 0 spiro atoms. The Balaban J connectivity index is 1.61. The molecule has 1 aliphatic carbocycles. The van der Waals surface area contributed by atoms with Crippen molar-refractivity contribution in [3.05, 3.63) is 39.5 Å². The average Bonchev–Trinajstić information content (AvgIpc) is 3.25. The summed E-state index contributed by atoms with van der Waals surface area (Å²) in [5.74, 6) is 2.24. The first-order valence-electron chi connectivity index (χ1n) is 8.92. The van der Waals surface area contributed by atoms with Gasteiger partial charge in [0.05, 0.1) is 4.88 Å². The lowest BCUT2D eigenvalue weighted by atomic mass is 9.95. The molecule has 0 amide bonds. The number of ketones is 1. The second kappa shape index (κ2) is 6.63. The van der Waals surface area contributed by atoms with Crippen molar-refractivity contribution in [3.8, 4) is 0 Å². The number of hydrogen-bond acceptors (Lipinski definition) is 5. The van der Waals surface area contributed by atoms with Crippen molar-refractivity contribution in [1.29, 1.82) is 0 Å². The minimum absolute atomic E-state index is 0.265. The summed E-state index contributed by atoms with van der Waals surface area (Å²) >= 11 is 1.54. The van der Waals surface area contributed by atoms with Crippen LogP contribution in [-0.2, 0) is 12.8 Å². The number of carbonyl (C=O) groups is 1. The quantitative estimate of drug-likeness (QED) is 0.790. The molecule has 5 heteroatoms. The third-order valence-electron chi connectivity index (χ3n) is 5.14. The van der Waals surface area contributed by atoms with Crippen LogP contribution >= 0.6 is 11.3 Å². The van der Waals surface area contributed by atoms with Gasteiger partial charge in [0.15, 0.2) is 5.78 Å². The number of thiophene rings is 1. The van der Waals surface area contributed by atoms with Gasteiger partial charge >= 0.3 is 0 Å². The molecule has 4 rings (SSSR count). The zero-order chi connectivity index (χ0) is 16.5. The predicted molar refractivity (Wildman–Crippen MR) is 97.0 cm³/mol. The Bertz CT molecular complexity index is 741. The van der Waals surface area contributed by atoms with E-state index in [9.17, 15) is 4.79 Å². The molecular formula is C19H23N3OS. The van der Waals surface area contributed by atoms with E-state index in [1.807, 2.05) is 24.4 Å². The number of nitrogens with zero attached hydrogens (tertiary/aromatic N) is 3. The van der Waals surface area contributed by atoms with Crippen LogP contribution in [0.15, 0.2) is 17.5 Å². The molecule has 3 heterocycles. The van der Waals surface area contributed by atoms with Crippen LogP contribution in [0.2, 0.25) is 0 Å². The van der Waals surface area contributed by atoms with Gasteiger partial charge in [0, 0.05) is 30.3 Å². The number of fused-ring (bicyclic) bond motifs is 1. The highest BCUT2D eigenvalue weighted by Crippen LogP contribution is 2.34. The normalized spacial score (nSPS) is 20.2. The van der Waals surface area contributed by atoms with Gasteiger partial charge in [-0.25, -0.2) is 9.97 Å². The van der Waals surface area contributed by atoms with Crippen molar-refractivity contribution >= 4 is 22.9 Å². The van der Waals surface area contributed by atoms with Gasteiger partial charge in [0.1, 0.15) is 11.6 Å². The van der Waals surface area contributed by atoms with Crippen LogP contribution in [0.4, 0.5) is 5.82 Å². The summed E-state index contributed by atoms with van der Waals surface area (Å²) in [4.78, 5) is 25.3. The maximum atomic E-state index is 12.5. The molecule has 126 valence electrons. The van der Waals surface area contributed by atoms with Crippen LogP contribution in [-0.4, -0.2) is 28.3 Å². The molecule has 1 atom stereocenters. The Kier molecular flexibility index (Phi) is 4.35. The van der Waals surface area contributed by atoms with Crippen molar-refractivity contribution in [2.45, 2.75) is 57.9 Å². The molecule has 1 unspecified atom stereocenters. The highest BCUT2D eigenvalue weighted by molar-refractivity contribution is 7.12. The Hall–Kier alpha value is -1.75. The first-order valence-corrected chi connectivity index (χ1v) is 9.80. The highest BCUT2D eigenvalue weighted by Gasteiger charge is 2.31. The maximum absolute atomic E-state index is 12.5. The third kappa shape index (κ3) is 2.97. The van der Waals surface area contributed by atoms with Gasteiger partial charge in [-0.15, -0.1) is 11.3 Å². The molecule has 0 aromatic carbocycles. The van der Waals surface area contributed by atoms with Crippen molar-refractivity contribution in [2.75, 3.05) is 11.4 Å². The number of aryl methyl sites for hydroxylation is 2. The Morgan fingerprint density at radius 3 is 3.00 bits per heavy atom. The van der Waals surface area contributed by atoms with Gasteiger partial charge in [-0.3, -0.25) is 4.79 Å². The molecule has 1 saturated heterocycles. The Morgan fingerprint density at radius 1 is 1.29 bits per heavy atom. The van der Waals surface area contributed by atoms with E-state index >= 15 is 0 Å². The van der Waals surface area contributed by atoms with Crippen molar-refractivity contribution in [3.63, 3.8) is 0 Å². The minimum atomic E-state index is 0.265. The first-order chi connectivity index (χ1) is 11.7. The van der Waals surface area contributed by atoms with E-state index in [2.05, 4.69) is 9.88 Å². The summed E-state index contributed by atoms with van der Waals surface area (Å²) in [6.45, 7) is 2.99. The van der Waals surface area contributed by atoms with Gasteiger partial charge in [-0.2, -0.15) is 0 Å². The summed E-state index contributed by atoms with van der Waals surface area (Å²) in [5, 5.41) is 1.98. The predicted octanol–water partition coefficient (Wildman–Crippen LogP) is 3.97. The lowest BCUT2D eigenvalue weighted by Crippen LogP contribution is -2.33. The van der Waals surface area contributed by atoms with Gasteiger partial charge in [0.2, 0.25) is 0 Å². The Labute approximate surface area is 146 Å². The molecule has 2 aromatic heterocycles. The number of anilines is 1. The van der Waals surface area contributed by atoms with Crippen LogP contribution in [0, 0.1) is 6.92 Å². The summed E-state index contributed by atoms with van der Waals surface area (Å²) < 4.78 is 0. The molecule has 2 aromatic rings. The summed E-state index contributed by atoms with van der Waals surface area (Å²) in [6.07, 6.45) is 7.40. The Morgan fingerprint density at radius 2 is 2.17 bits per heavy atom. The van der Waals surface area contributed by atoms with Gasteiger partial charge in [0.25, 0.3) is 0 Å². The molecule has 4 nitrogen and oxygen atoms in total. The second-order valence-electron chi connectivity index (χ2n) is 6.82. The van der Waals surface area contributed by atoms with Gasteiger partial charge in [-0.1, -0.05) is 6.07 Å². The lowest BCUT2D eigenvalue weighted by molar-refractivity contribution is 0.0978. The zero-order valence-electron chi connectivity index (χ0n) is 14.1. The van der Waals surface area contributed by atoms with E-state index in [0.29, 0.717) is 6.42 Å². The van der Waals surface area contributed by atoms with Crippen molar-refractivity contribution < 1.29 is 4.79 Å². The summed E-state index contributed by atoms with van der Waals surface area (Å²) in [7, 11) is 0. The third-order valence-corrected chi connectivity index (χ3v) is 6.05. The number of aromatic nitrogens is 2. The second-order valence-corrected chi connectivity index (χ2v) is 7.77. The van der Waals surface area contributed by atoms with Crippen LogP contribution in [0.3, 0.4) is 0 Å². The molecule has 0 N–H and O–H groups in total. The van der Waals surface area contributed by atoms with Gasteiger partial charge < -0.3 is 4.90 Å².